The molecule has 1 aromatic carbocycles. The highest BCUT2D eigenvalue weighted by Gasteiger charge is 2.14. The number of hydrogen-bond acceptors (Lipinski definition) is 5. The molecule has 0 radical (unpaired) electrons. The van der Waals surface area contributed by atoms with Crippen LogP contribution in [0.25, 0.3) is 11.3 Å². The van der Waals surface area contributed by atoms with E-state index < -0.39 is 5.97 Å². The number of nitrogens with one attached hydrogen (secondary N) is 1. The summed E-state index contributed by atoms with van der Waals surface area (Å²) >= 11 is 0. The van der Waals surface area contributed by atoms with E-state index in [-0.39, 0.29) is 12.5 Å². The molecule has 17 heavy (non-hydrogen) atoms. The van der Waals surface area contributed by atoms with Crippen molar-refractivity contribution in [3.05, 3.63) is 30.0 Å². The molecule has 1 aliphatic heterocycles. The molecular formula is C11H7N2O4-. The lowest BCUT2D eigenvalue weighted by Gasteiger charge is -1.99. The van der Waals surface area contributed by atoms with E-state index in [4.69, 9.17) is 9.47 Å². The number of carbonyl (C=O) groups is 1. The summed E-state index contributed by atoms with van der Waals surface area (Å²) < 4.78 is 10.4. The number of rotatable bonds is 2. The summed E-state index contributed by atoms with van der Waals surface area (Å²) in [7, 11) is 0. The first-order valence-corrected chi connectivity index (χ1v) is 4.91. The van der Waals surface area contributed by atoms with Crippen molar-refractivity contribution in [3.63, 3.8) is 0 Å². The van der Waals surface area contributed by atoms with Gasteiger partial charge in [-0.3, -0.25) is 5.10 Å². The van der Waals surface area contributed by atoms with Gasteiger partial charge >= 0.3 is 0 Å². The van der Waals surface area contributed by atoms with Gasteiger partial charge in [0.05, 0.1) is 17.4 Å². The molecule has 0 bridgehead atoms. The van der Waals surface area contributed by atoms with Gasteiger partial charge < -0.3 is 19.4 Å². The van der Waals surface area contributed by atoms with Crippen LogP contribution in [-0.2, 0) is 0 Å². The second-order valence-corrected chi connectivity index (χ2v) is 3.52. The molecule has 0 fully saturated rings. The number of aromatic nitrogens is 2. The van der Waals surface area contributed by atoms with Crippen LogP contribution < -0.4 is 14.6 Å². The summed E-state index contributed by atoms with van der Waals surface area (Å²) in [4.78, 5) is 10.6. The van der Waals surface area contributed by atoms with Gasteiger partial charge in [-0.1, -0.05) is 0 Å². The maximum Gasteiger partial charge on any atom is 0.231 e. The summed E-state index contributed by atoms with van der Waals surface area (Å²) in [6, 6.07) is 6.69. The van der Waals surface area contributed by atoms with E-state index >= 15 is 0 Å². The van der Waals surface area contributed by atoms with Crippen molar-refractivity contribution in [3.8, 4) is 22.8 Å². The van der Waals surface area contributed by atoms with E-state index in [0.29, 0.717) is 17.2 Å². The lowest BCUT2D eigenvalue weighted by atomic mass is 10.1. The Morgan fingerprint density at radius 2 is 2.12 bits per heavy atom. The smallest absolute Gasteiger partial charge is 0.231 e. The van der Waals surface area contributed by atoms with Crippen molar-refractivity contribution >= 4 is 5.97 Å². The maximum absolute atomic E-state index is 10.6. The second-order valence-electron chi connectivity index (χ2n) is 3.52. The molecule has 0 spiro atoms. The van der Waals surface area contributed by atoms with E-state index in [1.54, 1.807) is 18.2 Å². The lowest BCUT2D eigenvalue weighted by molar-refractivity contribution is -0.255. The van der Waals surface area contributed by atoms with Crippen molar-refractivity contribution in [2.24, 2.45) is 0 Å². The molecule has 0 saturated heterocycles. The van der Waals surface area contributed by atoms with Crippen molar-refractivity contribution < 1.29 is 19.4 Å². The third-order valence-electron chi connectivity index (χ3n) is 2.47. The van der Waals surface area contributed by atoms with Gasteiger partial charge in [0.1, 0.15) is 0 Å². The largest absolute Gasteiger partial charge is 0.543 e. The van der Waals surface area contributed by atoms with E-state index in [0.717, 1.165) is 5.56 Å². The van der Waals surface area contributed by atoms with Crippen LogP contribution in [-0.4, -0.2) is 23.0 Å². The third-order valence-corrected chi connectivity index (χ3v) is 2.47. The lowest BCUT2D eigenvalue weighted by Crippen LogP contribution is -2.22. The average molecular weight is 231 g/mol. The van der Waals surface area contributed by atoms with Gasteiger partial charge in [-0.05, 0) is 24.3 Å². The molecule has 0 atom stereocenters. The zero-order valence-electron chi connectivity index (χ0n) is 8.60. The van der Waals surface area contributed by atoms with Gasteiger partial charge in [0, 0.05) is 5.56 Å². The van der Waals surface area contributed by atoms with Crippen molar-refractivity contribution in [1.29, 1.82) is 0 Å². The van der Waals surface area contributed by atoms with Crippen LogP contribution in [0.3, 0.4) is 0 Å². The highest BCUT2D eigenvalue weighted by molar-refractivity contribution is 5.85. The topological polar surface area (TPSA) is 87.3 Å². The van der Waals surface area contributed by atoms with Crippen LogP contribution in [0, 0.1) is 0 Å². The number of carboxylic acid groups (broad SMARTS) is 1. The minimum atomic E-state index is -1.29. The number of ether oxygens (including phenoxy) is 2. The first-order valence-electron chi connectivity index (χ1n) is 4.91. The molecule has 3 rings (SSSR count). The molecular weight excluding hydrogens is 224 g/mol. The monoisotopic (exact) mass is 231 g/mol. The Labute approximate surface area is 95.8 Å². The highest BCUT2D eigenvalue weighted by Crippen LogP contribution is 2.35. The van der Waals surface area contributed by atoms with Gasteiger partial charge in [0.2, 0.25) is 6.79 Å². The van der Waals surface area contributed by atoms with E-state index in [2.05, 4.69) is 10.2 Å². The third kappa shape index (κ3) is 1.59. The molecule has 0 saturated carbocycles. The average Bonchev–Trinajstić information content (AvgIpc) is 2.97. The number of aromatic amines is 1. The molecule has 0 amide bonds. The van der Waals surface area contributed by atoms with Crippen LogP contribution in [0.2, 0.25) is 0 Å². The molecule has 6 heteroatoms. The fraction of sp³-hybridized carbons (Fsp3) is 0.0909. The minimum Gasteiger partial charge on any atom is -0.543 e. The summed E-state index contributed by atoms with van der Waals surface area (Å²) in [5, 5.41) is 16.9. The summed E-state index contributed by atoms with van der Waals surface area (Å²) in [5.74, 6) is 0.00871. The van der Waals surface area contributed by atoms with E-state index in [1.165, 1.54) is 6.07 Å². The number of aromatic carboxylic acids is 1. The predicted molar refractivity (Wildman–Crippen MR) is 54.5 cm³/mol. The van der Waals surface area contributed by atoms with Crippen molar-refractivity contribution in [2.45, 2.75) is 0 Å². The number of carbonyl (C=O) groups excluding carboxylic acids is 1. The standard InChI is InChI=1S/C11H8N2O4/c14-11(15)8-4-7(12-13-8)6-1-2-9-10(3-6)17-5-16-9/h1-4H,5H2,(H,12,13)(H,14,15)/p-1. The molecule has 0 unspecified atom stereocenters. The molecule has 2 aromatic rings. The SMILES string of the molecule is O=C([O-])c1cc(-c2ccc3c(c2)OCO3)n[nH]1. The number of H-pyrrole nitrogens is 1. The zero-order valence-corrected chi connectivity index (χ0v) is 8.60. The summed E-state index contributed by atoms with van der Waals surface area (Å²) in [6.07, 6.45) is 0. The molecule has 0 aliphatic carbocycles. The predicted octanol–water partition coefficient (Wildman–Crippen LogP) is 0.169. The fourth-order valence-corrected chi connectivity index (χ4v) is 1.63. The van der Waals surface area contributed by atoms with Crippen LogP contribution in [0.4, 0.5) is 0 Å². The normalized spacial score (nSPS) is 12.7. The second kappa shape index (κ2) is 3.51. The van der Waals surface area contributed by atoms with Crippen LogP contribution in [0.5, 0.6) is 11.5 Å². The Hall–Kier alpha value is -2.50. The Morgan fingerprint density at radius 3 is 2.88 bits per heavy atom. The van der Waals surface area contributed by atoms with E-state index in [1.807, 2.05) is 0 Å². The van der Waals surface area contributed by atoms with Gasteiger partial charge in [0.25, 0.3) is 0 Å². The minimum absolute atomic E-state index is 0.0577. The zero-order chi connectivity index (χ0) is 11.8. The first-order chi connectivity index (χ1) is 8.24. The number of fused-ring (bicyclic) bond motifs is 1. The summed E-state index contributed by atoms with van der Waals surface area (Å²) in [5.41, 5.74) is 1.21. The Bertz CT molecular complexity index is 591. The maximum atomic E-state index is 10.6. The number of benzene rings is 1. The van der Waals surface area contributed by atoms with E-state index in [9.17, 15) is 9.90 Å². The van der Waals surface area contributed by atoms with Crippen molar-refractivity contribution in [2.75, 3.05) is 6.79 Å². The van der Waals surface area contributed by atoms with Gasteiger partial charge in [-0.2, -0.15) is 5.10 Å². The Balaban J connectivity index is 2.00. The summed E-state index contributed by atoms with van der Waals surface area (Å²) in [6.45, 7) is 0.198. The molecule has 86 valence electrons. The quantitative estimate of drug-likeness (QED) is 0.795. The molecule has 1 aromatic heterocycles. The molecule has 1 N–H and O–H groups in total. The van der Waals surface area contributed by atoms with Crippen LogP contribution in [0.1, 0.15) is 10.5 Å². The molecule has 6 nitrogen and oxygen atoms in total. The van der Waals surface area contributed by atoms with Gasteiger partial charge in [0.15, 0.2) is 11.5 Å². The first kappa shape index (κ1) is 9.71. The number of carboxylic acids is 1. The number of hydrogen-bond donors (Lipinski definition) is 1. The Kier molecular flexibility index (Phi) is 2.01. The Morgan fingerprint density at radius 1 is 1.29 bits per heavy atom. The highest BCUT2D eigenvalue weighted by atomic mass is 16.7. The van der Waals surface area contributed by atoms with Crippen LogP contribution >= 0.6 is 0 Å². The van der Waals surface area contributed by atoms with Gasteiger partial charge in [-0.25, -0.2) is 0 Å². The molecule has 1 aliphatic rings. The van der Waals surface area contributed by atoms with Crippen molar-refractivity contribution in [1.82, 2.24) is 10.2 Å². The fourth-order valence-electron chi connectivity index (χ4n) is 1.63. The van der Waals surface area contributed by atoms with Gasteiger partial charge in [-0.15, -0.1) is 0 Å². The molecule has 2 heterocycles. The number of nitrogens with zero attached hydrogens (tertiary/aromatic N) is 1. The van der Waals surface area contributed by atoms with Crippen LogP contribution in [0.15, 0.2) is 24.3 Å².